The van der Waals surface area contributed by atoms with Crippen LogP contribution in [0.25, 0.3) is 0 Å². The van der Waals surface area contributed by atoms with Crippen LogP contribution in [0.4, 0.5) is 5.69 Å². The molecule has 7 heteroatoms. The third-order valence-electron chi connectivity index (χ3n) is 3.67. The van der Waals surface area contributed by atoms with Gasteiger partial charge in [0.25, 0.3) is 0 Å². The average Bonchev–Trinajstić information content (AvgIpc) is 3.13. The number of likely N-dealkylation sites (tertiary alicyclic amines) is 1. The monoisotopic (exact) mass is 286 g/mol. The van der Waals surface area contributed by atoms with Gasteiger partial charge in [-0.3, -0.25) is 19.4 Å². The SMILES string of the molecule is O=C(CN1CCC[C@H]1Cn1cncn1)Nc1ccncc1. The van der Waals surface area contributed by atoms with Crippen LogP contribution in [-0.4, -0.2) is 49.7 Å². The summed E-state index contributed by atoms with van der Waals surface area (Å²) in [4.78, 5) is 22.2. The number of hydrogen-bond donors (Lipinski definition) is 1. The molecule has 1 aliphatic heterocycles. The van der Waals surface area contributed by atoms with Crippen molar-refractivity contribution in [2.75, 3.05) is 18.4 Å². The number of nitrogens with zero attached hydrogens (tertiary/aromatic N) is 5. The Kier molecular flexibility index (Phi) is 4.20. The van der Waals surface area contributed by atoms with E-state index in [4.69, 9.17) is 0 Å². The van der Waals surface area contributed by atoms with E-state index in [-0.39, 0.29) is 5.91 Å². The van der Waals surface area contributed by atoms with Crippen molar-refractivity contribution in [3.63, 3.8) is 0 Å². The Morgan fingerprint density at radius 1 is 1.33 bits per heavy atom. The van der Waals surface area contributed by atoms with Gasteiger partial charge in [-0.05, 0) is 31.5 Å². The molecule has 1 aliphatic rings. The van der Waals surface area contributed by atoms with Crippen LogP contribution in [0, 0.1) is 0 Å². The van der Waals surface area contributed by atoms with Crippen molar-refractivity contribution in [3.05, 3.63) is 37.2 Å². The summed E-state index contributed by atoms with van der Waals surface area (Å²) in [5, 5.41) is 7.03. The summed E-state index contributed by atoms with van der Waals surface area (Å²) in [5.74, 6) is 0.00619. The molecule has 0 radical (unpaired) electrons. The number of carbonyl (C=O) groups is 1. The van der Waals surface area contributed by atoms with Gasteiger partial charge >= 0.3 is 0 Å². The van der Waals surface area contributed by atoms with E-state index in [1.165, 1.54) is 6.33 Å². The summed E-state index contributed by atoms with van der Waals surface area (Å²) in [7, 11) is 0. The van der Waals surface area contributed by atoms with E-state index in [0.29, 0.717) is 12.6 Å². The largest absolute Gasteiger partial charge is 0.325 e. The first-order chi connectivity index (χ1) is 10.3. The van der Waals surface area contributed by atoms with Gasteiger partial charge in [0.15, 0.2) is 0 Å². The highest BCUT2D eigenvalue weighted by Gasteiger charge is 2.26. The van der Waals surface area contributed by atoms with Gasteiger partial charge in [0.2, 0.25) is 5.91 Å². The first-order valence-corrected chi connectivity index (χ1v) is 7.07. The lowest BCUT2D eigenvalue weighted by Gasteiger charge is -2.23. The summed E-state index contributed by atoms with van der Waals surface area (Å²) < 4.78 is 1.82. The van der Waals surface area contributed by atoms with Gasteiger partial charge in [0.1, 0.15) is 12.7 Å². The predicted molar refractivity (Wildman–Crippen MR) is 77.5 cm³/mol. The van der Waals surface area contributed by atoms with Gasteiger partial charge in [0.05, 0.1) is 13.1 Å². The van der Waals surface area contributed by atoms with Crippen LogP contribution in [0.5, 0.6) is 0 Å². The van der Waals surface area contributed by atoms with E-state index in [0.717, 1.165) is 31.6 Å². The van der Waals surface area contributed by atoms with E-state index < -0.39 is 0 Å². The minimum atomic E-state index is 0.00619. The zero-order chi connectivity index (χ0) is 14.5. The van der Waals surface area contributed by atoms with Crippen LogP contribution >= 0.6 is 0 Å². The summed E-state index contributed by atoms with van der Waals surface area (Å²) in [6, 6.07) is 3.92. The number of anilines is 1. The second-order valence-corrected chi connectivity index (χ2v) is 5.17. The molecule has 1 saturated heterocycles. The van der Waals surface area contributed by atoms with Gasteiger partial charge in [-0.15, -0.1) is 0 Å². The predicted octanol–water partition coefficient (Wildman–Crippen LogP) is 0.776. The lowest BCUT2D eigenvalue weighted by Crippen LogP contribution is -2.39. The number of hydrogen-bond acceptors (Lipinski definition) is 5. The zero-order valence-electron chi connectivity index (χ0n) is 11.7. The maximum atomic E-state index is 12.1. The zero-order valence-corrected chi connectivity index (χ0v) is 11.7. The highest BCUT2D eigenvalue weighted by atomic mass is 16.2. The first-order valence-electron chi connectivity index (χ1n) is 7.07. The van der Waals surface area contributed by atoms with Crippen LogP contribution in [0.15, 0.2) is 37.2 Å². The minimum Gasteiger partial charge on any atom is -0.325 e. The summed E-state index contributed by atoms with van der Waals surface area (Å²) >= 11 is 0. The van der Waals surface area contributed by atoms with E-state index in [1.807, 2.05) is 4.68 Å². The summed E-state index contributed by atoms with van der Waals surface area (Å²) in [6.45, 7) is 2.13. The molecule has 110 valence electrons. The van der Waals surface area contributed by atoms with Crippen LogP contribution in [0.1, 0.15) is 12.8 Å². The standard InChI is InChI=1S/C14H18N6O/c21-14(18-12-3-5-15-6-4-12)9-19-7-1-2-13(19)8-20-11-16-10-17-20/h3-6,10-11,13H,1-2,7-9H2,(H,15,18,21)/t13-/m0/s1. The van der Waals surface area contributed by atoms with Crippen LogP contribution in [0.3, 0.4) is 0 Å². The normalized spacial score (nSPS) is 18.8. The lowest BCUT2D eigenvalue weighted by atomic mass is 10.2. The highest BCUT2D eigenvalue weighted by Crippen LogP contribution is 2.18. The van der Waals surface area contributed by atoms with Gasteiger partial charge in [0, 0.05) is 24.1 Å². The van der Waals surface area contributed by atoms with Crippen molar-refractivity contribution in [1.82, 2.24) is 24.6 Å². The Hall–Kier alpha value is -2.28. The molecule has 0 unspecified atom stereocenters. The van der Waals surface area contributed by atoms with Crippen molar-refractivity contribution in [2.24, 2.45) is 0 Å². The van der Waals surface area contributed by atoms with Crippen molar-refractivity contribution in [1.29, 1.82) is 0 Å². The minimum absolute atomic E-state index is 0.00619. The number of nitrogens with one attached hydrogen (secondary N) is 1. The number of aromatic nitrogens is 4. The van der Waals surface area contributed by atoms with E-state index >= 15 is 0 Å². The fourth-order valence-electron chi connectivity index (χ4n) is 2.67. The molecule has 0 spiro atoms. The van der Waals surface area contributed by atoms with Crippen molar-refractivity contribution < 1.29 is 4.79 Å². The van der Waals surface area contributed by atoms with E-state index in [2.05, 4.69) is 25.3 Å². The number of carbonyl (C=O) groups excluding carboxylic acids is 1. The molecule has 2 aromatic heterocycles. The molecular formula is C14H18N6O. The highest BCUT2D eigenvalue weighted by molar-refractivity contribution is 5.92. The molecule has 1 N–H and O–H groups in total. The van der Waals surface area contributed by atoms with Crippen molar-refractivity contribution >= 4 is 11.6 Å². The molecule has 21 heavy (non-hydrogen) atoms. The summed E-state index contributed by atoms with van der Waals surface area (Å²) in [6.07, 6.45) is 8.78. The Bertz CT molecular complexity index is 570. The molecule has 2 aromatic rings. The quantitative estimate of drug-likeness (QED) is 0.879. The van der Waals surface area contributed by atoms with E-state index in [1.54, 1.807) is 30.9 Å². The van der Waals surface area contributed by atoms with Gasteiger partial charge in [-0.1, -0.05) is 0 Å². The second-order valence-electron chi connectivity index (χ2n) is 5.17. The Balaban J connectivity index is 1.54. The third-order valence-corrected chi connectivity index (χ3v) is 3.67. The average molecular weight is 286 g/mol. The van der Waals surface area contributed by atoms with Crippen molar-refractivity contribution in [2.45, 2.75) is 25.4 Å². The van der Waals surface area contributed by atoms with Gasteiger partial charge < -0.3 is 5.32 Å². The van der Waals surface area contributed by atoms with Crippen LogP contribution < -0.4 is 5.32 Å². The molecule has 3 rings (SSSR count). The molecule has 1 fully saturated rings. The Morgan fingerprint density at radius 2 is 2.19 bits per heavy atom. The maximum absolute atomic E-state index is 12.1. The molecule has 0 saturated carbocycles. The smallest absolute Gasteiger partial charge is 0.238 e. The maximum Gasteiger partial charge on any atom is 0.238 e. The molecule has 7 nitrogen and oxygen atoms in total. The fourth-order valence-corrected chi connectivity index (χ4v) is 2.67. The number of rotatable bonds is 5. The molecule has 0 aromatic carbocycles. The summed E-state index contributed by atoms with van der Waals surface area (Å²) in [5.41, 5.74) is 0.780. The molecule has 1 atom stereocenters. The Labute approximate surface area is 123 Å². The van der Waals surface area contributed by atoms with Gasteiger partial charge in [-0.25, -0.2) is 4.98 Å². The molecular weight excluding hydrogens is 268 g/mol. The van der Waals surface area contributed by atoms with Crippen LogP contribution in [-0.2, 0) is 11.3 Å². The molecule has 1 amide bonds. The second kappa shape index (κ2) is 6.45. The fraction of sp³-hybridized carbons (Fsp3) is 0.429. The molecule has 0 bridgehead atoms. The van der Waals surface area contributed by atoms with Crippen LogP contribution in [0.2, 0.25) is 0 Å². The number of amides is 1. The molecule has 0 aliphatic carbocycles. The number of pyridine rings is 1. The van der Waals surface area contributed by atoms with E-state index in [9.17, 15) is 4.79 Å². The third kappa shape index (κ3) is 3.63. The van der Waals surface area contributed by atoms with Crippen molar-refractivity contribution in [3.8, 4) is 0 Å². The lowest BCUT2D eigenvalue weighted by molar-refractivity contribution is -0.117. The molecule has 3 heterocycles. The topological polar surface area (TPSA) is 75.9 Å². The first kappa shape index (κ1) is 13.7. The van der Waals surface area contributed by atoms with Gasteiger partial charge in [-0.2, -0.15) is 5.10 Å². The Morgan fingerprint density at radius 3 is 2.95 bits per heavy atom.